The smallest absolute Gasteiger partial charge is 0.319 e. The molecule has 1 aliphatic carbocycles. The summed E-state index contributed by atoms with van der Waals surface area (Å²) in [5.41, 5.74) is 0.518. The van der Waals surface area contributed by atoms with Gasteiger partial charge in [-0.05, 0) is 25.7 Å². The monoisotopic (exact) mass is 418 g/mol. The van der Waals surface area contributed by atoms with Crippen molar-refractivity contribution in [1.82, 2.24) is 20.2 Å². The number of piperazine rings is 1. The molecule has 0 radical (unpaired) electrons. The first kappa shape index (κ1) is 19.3. The average molecular weight is 419 g/mol. The van der Waals surface area contributed by atoms with Crippen LogP contribution in [0.1, 0.15) is 31.2 Å². The molecule has 3 saturated heterocycles. The van der Waals surface area contributed by atoms with E-state index in [1.54, 1.807) is 0 Å². The van der Waals surface area contributed by atoms with Crippen LogP contribution >= 0.6 is 11.6 Å². The van der Waals surface area contributed by atoms with E-state index in [9.17, 15) is 5.26 Å². The molecule has 2 atom stereocenters. The van der Waals surface area contributed by atoms with Gasteiger partial charge >= 0.3 is 6.01 Å². The molecular weight excluding hydrogens is 392 g/mol. The fourth-order valence-corrected chi connectivity index (χ4v) is 4.94. The van der Waals surface area contributed by atoms with Gasteiger partial charge in [0.1, 0.15) is 11.6 Å². The van der Waals surface area contributed by atoms with E-state index in [1.807, 2.05) is 0 Å². The minimum atomic E-state index is 0.176. The molecule has 1 aromatic heterocycles. The van der Waals surface area contributed by atoms with Crippen molar-refractivity contribution in [3.05, 3.63) is 10.7 Å². The highest BCUT2D eigenvalue weighted by Crippen LogP contribution is 2.46. The first-order valence-corrected chi connectivity index (χ1v) is 10.9. The molecule has 9 heteroatoms. The van der Waals surface area contributed by atoms with Crippen LogP contribution in [-0.2, 0) is 4.74 Å². The molecule has 0 amide bonds. The standard InChI is InChI=1S/C20H27ClN6O2/c21-17-16(9-22)18(27-10-14-1-2-15(11-27)23-14)25-19(24-17)29-13-20(3-4-20)12-26-5-7-28-8-6-26/h14-15,23H,1-8,10-13H2/t14-,15?/m0/s1. The number of halogens is 1. The summed E-state index contributed by atoms with van der Waals surface area (Å²) in [5, 5.41) is 13.4. The topological polar surface area (TPSA) is 86.5 Å². The van der Waals surface area contributed by atoms with Crippen molar-refractivity contribution >= 4 is 17.4 Å². The van der Waals surface area contributed by atoms with Gasteiger partial charge in [0.25, 0.3) is 0 Å². The largest absolute Gasteiger partial charge is 0.463 e. The fourth-order valence-electron chi connectivity index (χ4n) is 4.74. The van der Waals surface area contributed by atoms with Crippen LogP contribution in [-0.4, -0.2) is 79.5 Å². The molecule has 5 rings (SSSR count). The third-order valence-electron chi connectivity index (χ3n) is 6.58. The molecule has 3 aliphatic heterocycles. The van der Waals surface area contributed by atoms with Crippen LogP contribution in [0.25, 0.3) is 0 Å². The van der Waals surface area contributed by atoms with Gasteiger partial charge in [0, 0.05) is 50.2 Å². The SMILES string of the molecule is N#Cc1c(Cl)nc(OCC2(CN3CCOCC3)CC2)nc1N1CC2CC[C@@H](C1)N2. The molecule has 1 saturated carbocycles. The number of nitrogens with zero attached hydrogens (tertiary/aromatic N) is 5. The summed E-state index contributed by atoms with van der Waals surface area (Å²) in [7, 11) is 0. The third-order valence-corrected chi connectivity index (χ3v) is 6.85. The molecular formula is C20H27ClN6O2. The number of rotatable bonds is 6. The normalized spacial score (nSPS) is 28.2. The number of aromatic nitrogens is 2. The zero-order chi connectivity index (χ0) is 19.8. The van der Waals surface area contributed by atoms with Crippen LogP contribution in [0, 0.1) is 16.7 Å². The first-order valence-electron chi connectivity index (χ1n) is 10.6. The Morgan fingerprint density at radius 2 is 1.93 bits per heavy atom. The molecule has 1 aromatic rings. The second-order valence-corrected chi connectivity index (χ2v) is 9.19. The number of nitrogens with one attached hydrogen (secondary N) is 1. The van der Waals surface area contributed by atoms with Gasteiger partial charge < -0.3 is 19.7 Å². The van der Waals surface area contributed by atoms with E-state index in [0.29, 0.717) is 30.1 Å². The van der Waals surface area contributed by atoms with Gasteiger partial charge in [-0.3, -0.25) is 4.90 Å². The maximum absolute atomic E-state index is 9.61. The van der Waals surface area contributed by atoms with Crippen LogP contribution in [0.4, 0.5) is 5.82 Å². The van der Waals surface area contributed by atoms with E-state index in [2.05, 4.69) is 31.2 Å². The van der Waals surface area contributed by atoms with E-state index in [4.69, 9.17) is 21.1 Å². The number of fused-ring (bicyclic) bond motifs is 2. The number of hydrogen-bond donors (Lipinski definition) is 1. The summed E-state index contributed by atoms with van der Waals surface area (Å²) in [5.74, 6) is 0.610. The van der Waals surface area contributed by atoms with E-state index in [-0.39, 0.29) is 16.6 Å². The van der Waals surface area contributed by atoms with Gasteiger partial charge in [0.15, 0.2) is 11.0 Å². The number of ether oxygens (including phenoxy) is 2. The summed E-state index contributed by atoms with van der Waals surface area (Å²) >= 11 is 6.35. The lowest BCUT2D eigenvalue weighted by atomic mass is 10.1. The van der Waals surface area contributed by atoms with Gasteiger partial charge in [0.05, 0.1) is 19.8 Å². The predicted molar refractivity (Wildman–Crippen MR) is 108 cm³/mol. The lowest BCUT2D eigenvalue weighted by Gasteiger charge is -2.34. The minimum Gasteiger partial charge on any atom is -0.463 e. The van der Waals surface area contributed by atoms with Crippen LogP contribution in [0.15, 0.2) is 0 Å². The highest BCUT2D eigenvalue weighted by Gasteiger charge is 2.45. The molecule has 1 N–H and O–H groups in total. The van der Waals surface area contributed by atoms with Gasteiger partial charge in [-0.15, -0.1) is 0 Å². The number of nitriles is 1. The molecule has 8 nitrogen and oxygen atoms in total. The van der Waals surface area contributed by atoms with Crippen LogP contribution < -0.4 is 15.0 Å². The number of hydrogen-bond acceptors (Lipinski definition) is 8. The Kier molecular flexibility index (Phi) is 5.25. The molecule has 4 aliphatic rings. The Morgan fingerprint density at radius 3 is 2.59 bits per heavy atom. The maximum Gasteiger partial charge on any atom is 0.319 e. The highest BCUT2D eigenvalue weighted by atomic mass is 35.5. The summed E-state index contributed by atoms with van der Waals surface area (Å²) in [6.45, 7) is 6.85. The van der Waals surface area contributed by atoms with Crippen molar-refractivity contribution in [2.24, 2.45) is 5.41 Å². The van der Waals surface area contributed by atoms with Gasteiger partial charge in [-0.1, -0.05) is 11.6 Å². The summed E-state index contributed by atoms with van der Waals surface area (Å²) < 4.78 is 11.5. The zero-order valence-corrected chi connectivity index (χ0v) is 17.3. The Morgan fingerprint density at radius 1 is 1.21 bits per heavy atom. The molecule has 2 bridgehead atoms. The lowest BCUT2D eigenvalue weighted by Crippen LogP contribution is -2.51. The van der Waals surface area contributed by atoms with Crippen LogP contribution in [0.3, 0.4) is 0 Å². The molecule has 0 spiro atoms. The number of morpholine rings is 1. The zero-order valence-electron chi connectivity index (χ0n) is 16.6. The Hall–Kier alpha value is -1.66. The van der Waals surface area contributed by atoms with E-state index in [0.717, 1.165) is 71.6 Å². The van der Waals surface area contributed by atoms with Crippen LogP contribution in [0.2, 0.25) is 5.15 Å². The van der Waals surface area contributed by atoms with Gasteiger partial charge in [0.2, 0.25) is 0 Å². The Bertz CT molecular complexity index is 793. The third kappa shape index (κ3) is 4.15. The van der Waals surface area contributed by atoms with Crippen molar-refractivity contribution in [2.75, 3.05) is 57.4 Å². The van der Waals surface area contributed by atoms with Crippen molar-refractivity contribution in [3.63, 3.8) is 0 Å². The molecule has 29 heavy (non-hydrogen) atoms. The lowest BCUT2D eigenvalue weighted by molar-refractivity contribution is 0.0231. The summed E-state index contributed by atoms with van der Waals surface area (Å²) in [4.78, 5) is 13.5. The quantitative estimate of drug-likeness (QED) is 0.694. The average Bonchev–Trinajstić information content (AvgIpc) is 3.42. The summed E-state index contributed by atoms with van der Waals surface area (Å²) in [6.07, 6.45) is 4.63. The predicted octanol–water partition coefficient (Wildman–Crippen LogP) is 1.43. The second kappa shape index (κ2) is 7.88. The molecule has 4 heterocycles. The molecule has 4 fully saturated rings. The van der Waals surface area contributed by atoms with Crippen molar-refractivity contribution in [1.29, 1.82) is 5.26 Å². The van der Waals surface area contributed by atoms with Gasteiger partial charge in [-0.2, -0.15) is 15.2 Å². The van der Waals surface area contributed by atoms with E-state index < -0.39 is 0 Å². The molecule has 0 aromatic carbocycles. The summed E-state index contributed by atoms with van der Waals surface area (Å²) in [6, 6.07) is 3.36. The fraction of sp³-hybridized carbons (Fsp3) is 0.750. The Balaban J connectivity index is 1.29. The maximum atomic E-state index is 9.61. The first-order chi connectivity index (χ1) is 14.1. The van der Waals surface area contributed by atoms with Gasteiger partial charge in [-0.25, -0.2) is 0 Å². The highest BCUT2D eigenvalue weighted by molar-refractivity contribution is 6.30. The van der Waals surface area contributed by atoms with Crippen molar-refractivity contribution < 1.29 is 9.47 Å². The van der Waals surface area contributed by atoms with E-state index >= 15 is 0 Å². The molecule has 156 valence electrons. The molecule has 1 unspecified atom stereocenters. The minimum absolute atomic E-state index is 0.176. The Labute approximate surface area is 176 Å². The van der Waals surface area contributed by atoms with Crippen molar-refractivity contribution in [3.8, 4) is 12.1 Å². The van der Waals surface area contributed by atoms with Crippen LogP contribution in [0.5, 0.6) is 6.01 Å². The number of anilines is 1. The van der Waals surface area contributed by atoms with Crippen molar-refractivity contribution in [2.45, 2.75) is 37.8 Å². The second-order valence-electron chi connectivity index (χ2n) is 8.83. The van der Waals surface area contributed by atoms with E-state index in [1.165, 1.54) is 0 Å².